The maximum Gasteiger partial charge on any atom is 0.261 e. The highest BCUT2D eigenvalue weighted by Crippen LogP contribution is 2.28. The number of benzene rings is 3. The maximum absolute atomic E-state index is 13.2. The van der Waals surface area contributed by atoms with Gasteiger partial charge in [0, 0.05) is 31.4 Å². The molecule has 6 nitrogen and oxygen atoms in total. The molecule has 1 atom stereocenters. The van der Waals surface area contributed by atoms with Crippen LogP contribution in [0.2, 0.25) is 0 Å². The lowest BCUT2D eigenvalue weighted by atomic mass is 9.97. The molecule has 1 fully saturated rings. The molecule has 0 aromatic heterocycles. The Kier molecular flexibility index (Phi) is 7.04. The third-order valence-corrected chi connectivity index (χ3v) is 8.16. The second-order valence-electron chi connectivity index (χ2n) is 9.09. The van der Waals surface area contributed by atoms with Crippen LogP contribution in [-0.4, -0.2) is 40.7 Å². The van der Waals surface area contributed by atoms with Crippen molar-refractivity contribution in [3.05, 3.63) is 89.7 Å². The predicted octanol–water partition coefficient (Wildman–Crippen LogP) is 4.50. The van der Waals surface area contributed by atoms with E-state index in [1.165, 1.54) is 23.3 Å². The fourth-order valence-electron chi connectivity index (χ4n) is 4.86. The lowest BCUT2D eigenvalue weighted by molar-refractivity contribution is 0.0401. The van der Waals surface area contributed by atoms with Crippen LogP contribution in [0.1, 0.15) is 30.1 Å². The molecule has 35 heavy (non-hydrogen) atoms. The normalized spacial score (nSPS) is 18.8. The van der Waals surface area contributed by atoms with Crippen LogP contribution in [0.25, 0.3) is 0 Å². The first-order valence-electron chi connectivity index (χ1n) is 12.0. The van der Waals surface area contributed by atoms with Crippen LogP contribution in [0.15, 0.2) is 77.7 Å². The number of nitrogens with one attached hydrogen (secondary N) is 2. The number of ether oxygens (including phenoxy) is 1. The summed E-state index contributed by atoms with van der Waals surface area (Å²) in [5.41, 5.74) is 4.14. The number of sulfonamides is 1. The molecule has 5 rings (SSSR count). The molecule has 2 aliphatic rings. The van der Waals surface area contributed by atoms with Crippen molar-refractivity contribution in [3.8, 4) is 0 Å². The average Bonchev–Trinajstić information content (AvgIpc) is 2.88. The highest BCUT2D eigenvalue weighted by Gasteiger charge is 2.24. The summed E-state index contributed by atoms with van der Waals surface area (Å²) >= 11 is 0. The van der Waals surface area contributed by atoms with E-state index in [-0.39, 0.29) is 11.0 Å². The molecule has 2 N–H and O–H groups in total. The zero-order valence-electron chi connectivity index (χ0n) is 19.5. The number of nitrogens with zero attached hydrogens (tertiary/aromatic N) is 1. The zero-order valence-corrected chi connectivity index (χ0v) is 20.3. The van der Waals surface area contributed by atoms with Crippen molar-refractivity contribution < 1.29 is 17.5 Å². The van der Waals surface area contributed by atoms with Crippen molar-refractivity contribution in [3.63, 3.8) is 0 Å². The Balaban J connectivity index is 1.16. The Morgan fingerprint density at radius 1 is 0.971 bits per heavy atom. The van der Waals surface area contributed by atoms with Crippen molar-refractivity contribution in [1.29, 1.82) is 0 Å². The number of fused-ring (bicyclic) bond motifs is 1. The zero-order chi connectivity index (χ0) is 24.3. The van der Waals surface area contributed by atoms with Gasteiger partial charge in [0.1, 0.15) is 5.82 Å². The van der Waals surface area contributed by atoms with Gasteiger partial charge in [0.15, 0.2) is 0 Å². The first kappa shape index (κ1) is 23.8. The van der Waals surface area contributed by atoms with Gasteiger partial charge in [-0.05, 0) is 72.9 Å². The van der Waals surface area contributed by atoms with E-state index in [0.29, 0.717) is 11.7 Å². The maximum atomic E-state index is 13.2. The minimum atomic E-state index is -3.78. The van der Waals surface area contributed by atoms with Gasteiger partial charge in [0.05, 0.1) is 23.3 Å². The number of hydrogen-bond acceptors (Lipinski definition) is 5. The first-order chi connectivity index (χ1) is 17.0. The Bertz CT molecular complexity index is 1260. The van der Waals surface area contributed by atoms with Crippen molar-refractivity contribution >= 4 is 21.4 Å². The summed E-state index contributed by atoms with van der Waals surface area (Å²) in [6.45, 7) is 3.34. The van der Waals surface area contributed by atoms with Gasteiger partial charge < -0.3 is 15.0 Å². The topological polar surface area (TPSA) is 70.7 Å². The molecule has 0 radical (unpaired) electrons. The van der Waals surface area contributed by atoms with Gasteiger partial charge >= 0.3 is 0 Å². The van der Waals surface area contributed by atoms with Crippen LogP contribution in [0, 0.1) is 5.82 Å². The smallest absolute Gasteiger partial charge is 0.261 e. The summed E-state index contributed by atoms with van der Waals surface area (Å²) < 4.78 is 47.1. The summed E-state index contributed by atoms with van der Waals surface area (Å²) in [5, 5.41) is 3.70. The van der Waals surface area contributed by atoms with E-state index < -0.39 is 15.8 Å². The summed E-state index contributed by atoms with van der Waals surface area (Å²) in [6.07, 6.45) is 3.08. The molecule has 184 valence electrons. The molecule has 1 saturated heterocycles. The summed E-state index contributed by atoms with van der Waals surface area (Å²) in [5.74, 6) is -0.472. The van der Waals surface area contributed by atoms with E-state index in [4.69, 9.17) is 4.74 Å². The Labute approximate surface area is 206 Å². The monoisotopic (exact) mass is 495 g/mol. The number of piperidine rings is 1. The van der Waals surface area contributed by atoms with E-state index >= 15 is 0 Å². The second-order valence-corrected chi connectivity index (χ2v) is 10.8. The van der Waals surface area contributed by atoms with Gasteiger partial charge in [-0.15, -0.1) is 0 Å². The van der Waals surface area contributed by atoms with E-state index in [2.05, 4.69) is 39.2 Å². The third-order valence-electron chi connectivity index (χ3n) is 6.77. The molecule has 0 bridgehead atoms. The van der Waals surface area contributed by atoms with Crippen LogP contribution in [0.4, 0.5) is 15.8 Å². The van der Waals surface area contributed by atoms with Crippen LogP contribution < -0.4 is 14.9 Å². The Morgan fingerprint density at radius 2 is 1.74 bits per heavy atom. The number of rotatable bonds is 7. The van der Waals surface area contributed by atoms with Crippen molar-refractivity contribution in [2.75, 3.05) is 35.9 Å². The van der Waals surface area contributed by atoms with Gasteiger partial charge in [-0.2, -0.15) is 0 Å². The van der Waals surface area contributed by atoms with Crippen molar-refractivity contribution in [2.24, 2.45) is 0 Å². The van der Waals surface area contributed by atoms with E-state index in [1.807, 2.05) is 18.2 Å². The van der Waals surface area contributed by atoms with E-state index in [1.54, 1.807) is 6.07 Å². The van der Waals surface area contributed by atoms with Crippen LogP contribution in [-0.2, 0) is 21.2 Å². The highest BCUT2D eigenvalue weighted by molar-refractivity contribution is 7.92. The van der Waals surface area contributed by atoms with Gasteiger partial charge in [-0.3, -0.25) is 4.72 Å². The largest absolute Gasteiger partial charge is 0.372 e. The minimum absolute atomic E-state index is 0.0285. The second kappa shape index (κ2) is 10.4. The Hall–Kier alpha value is -2.94. The molecule has 0 unspecified atom stereocenters. The standard InChI is InChI=1S/C27H30FN3O3S/c28-21-8-10-25(11-9-21)35(32,33)30-23-5-3-6-24(18-23)31-15-12-22(13-16-31)29-19-27-26-7-2-1-4-20(26)14-17-34-27/h1-11,18,22,27,29-30H,12-17,19H2/t27-/m1/s1. The van der Waals surface area contributed by atoms with E-state index in [0.717, 1.165) is 63.3 Å². The molecule has 2 heterocycles. The fraction of sp³-hybridized carbons (Fsp3) is 0.333. The molecule has 3 aromatic rings. The molecule has 2 aliphatic heterocycles. The molecular formula is C27H30FN3O3S. The quantitative estimate of drug-likeness (QED) is 0.505. The van der Waals surface area contributed by atoms with E-state index in [9.17, 15) is 12.8 Å². The van der Waals surface area contributed by atoms with Crippen LogP contribution in [0.3, 0.4) is 0 Å². The van der Waals surface area contributed by atoms with Crippen molar-refractivity contribution in [1.82, 2.24) is 5.32 Å². The Morgan fingerprint density at radius 3 is 2.54 bits per heavy atom. The summed E-state index contributed by atoms with van der Waals surface area (Å²) in [7, 11) is -3.78. The number of halogens is 1. The van der Waals surface area contributed by atoms with Gasteiger partial charge in [-0.25, -0.2) is 12.8 Å². The van der Waals surface area contributed by atoms with Crippen molar-refractivity contribution in [2.45, 2.75) is 36.3 Å². The number of hydrogen-bond donors (Lipinski definition) is 2. The molecule has 0 amide bonds. The molecule has 3 aromatic carbocycles. The van der Waals surface area contributed by atoms with Gasteiger partial charge in [0.25, 0.3) is 10.0 Å². The molecule has 0 spiro atoms. The molecule has 0 aliphatic carbocycles. The fourth-order valence-corrected chi connectivity index (χ4v) is 5.90. The molecular weight excluding hydrogens is 465 g/mol. The van der Waals surface area contributed by atoms with Gasteiger partial charge in [0.2, 0.25) is 0 Å². The highest BCUT2D eigenvalue weighted by atomic mass is 32.2. The third kappa shape index (κ3) is 5.66. The average molecular weight is 496 g/mol. The lowest BCUT2D eigenvalue weighted by Gasteiger charge is -2.35. The van der Waals surface area contributed by atoms with Gasteiger partial charge in [-0.1, -0.05) is 30.3 Å². The summed E-state index contributed by atoms with van der Waals surface area (Å²) in [6, 6.07) is 21.2. The number of anilines is 2. The predicted molar refractivity (Wildman–Crippen MR) is 136 cm³/mol. The SMILES string of the molecule is O=S(=O)(Nc1cccc(N2CCC(NC[C@H]3OCCc4ccccc43)CC2)c1)c1ccc(F)cc1. The molecule has 0 saturated carbocycles. The minimum Gasteiger partial charge on any atom is -0.372 e. The summed E-state index contributed by atoms with van der Waals surface area (Å²) in [4.78, 5) is 2.31. The van der Waals surface area contributed by atoms with Crippen LogP contribution >= 0.6 is 0 Å². The first-order valence-corrected chi connectivity index (χ1v) is 13.5. The van der Waals surface area contributed by atoms with Crippen LogP contribution in [0.5, 0.6) is 0 Å². The molecule has 8 heteroatoms. The lowest BCUT2D eigenvalue weighted by Crippen LogP contribution is -2.44.